The number of carbonyl (C=O) groups excluding carboxylic acids is 2. The third-order valence-electron chi connectivity index (χ3n) is 4.19. The number of hydrogen-bond donors (Lipinski definition) is 2. The van der Waals surface area contributed by atoms with Gasteiger partial charge in [0.25, 0.3) is 0 Å². The van der Waals surface area contributed by atoms with Gasteiger partial charge in [0.2, 0.25) is 0 Å². The normalized spacial score (nSPS) is 30.7. The maximum Gasteiger partial charge on any atom is 0.302 e. The van der Waals surface area contributed by atoms with Gasteiger partial charge in [-0.3, -0.25) is 9.59 Å². The Hall–Kier alpha value is -1.88. The van der Waals surface area contributed by atoms with Crippen molar-refractivity contribution >= 4 is 11.9 Å². The summed E-state index contributed by atoms with van der Waals surface area (Å²) in [4.78, 5) is 22.8. The molecule has 7 heteroatoms. The Bertz CT molecular complexity index is 536. The second-order valence-corrected chi connectivity index (χ2v) is 6.33. The van der Waals surface area contributed by atoms with Crippen LogP contribution in [0.15, 0.2) is 12.2 Å². The van der Waals surface area contributed by atoms with E-state index in [1.807, 2.05) is 6.92 Å². The summed E-state index contributed by atoms with van der Waals surface area (Å²) in [5, 5.41) is 20.5. The molecular formula is C19H28O7. The Kier molecular flexibility index (Phi) is 9.35. The maximum absolute atomic E-state index is 11.4. The number of hydrogen-bond acceptors (Lipinski definition) is 7. The maximum atomic E-state index is 11.4. The van der Waals surface area contributed by atoms with Gasteiger partial charge in [-0.2, -0.15) is 0 Å². The molecule has 2 N–H and O–H groups in total. The van der Waals surface area contributed by atoms with Crippen LogP contribution in [0.25, 0.3) is 0 Å². The molecule has 1 rings (SSSR count). The monoisotopic (exact) mass is 368 g/mol. The van der Waals surface area contributed by atoms with Crippen molar-refractivity contribution in [3.05, 3.63) is 12.2 Å². The lowest BCUT2D eigenvalue weighted by Gasteiger charge is -2.38. The van der Waals surface area contributed by atoms with E-state index in [1.165, 1.54) is 19.9 Å². The number of allylic oxidation sites excluding steroid dienone is 1. The van der Waals surface area contributed by atoms with Gasteiger partial charge in [0, 0.05) is 26.7 Å². The van der Waals surface area contributed by atoms with Crippen LogP contribution in [0.5, 0.6) is 0 Å². The average Bonchev–Trinajstić information content (AvgIpc) is 2.55. The molecule has 6 unspecified atom stereocenters. The van der Waals surface area contributed by atoms with Crippen LogP contribution in [0.2, 0.25) is 0 Å². The van der Waals surface area contributed by atoms with E-state index < -0.39 is 48.6 Å². The van der Waals surface area contributed by atoms with E-state index in [-0.39, 0.29) is 12.8 Å². The van der Waals surface area contributed by atoms with Crippen molar-refractivity contribution in [3.63, 3.8) is 0 Å². The summed E-state index contributed by atoms with van der Waals surface area (Å²) in [6.45, 7) is 4.39. The Labute approximate surface area is 154 Å². The Balaban J connectivity index is 3.10. The van der Waals surface area contributed by atoms with Gasteiger partial charge in [-0.1, -0.05) is 18.9 Å². The average molecular weight is 368 g/mol. The van der Waals surface area contributed by atoms with Crippen LogP contribution in [0.1, 0.15) is 46.5 Å². The second-order valence-electron chi connectivity index (χ2n) is 6.33. The fourth-order valence-corrected chi connectivity index (χ4v) is 3.00. The summed E-state index contributed by atoms with van der Waals surface area (Å²) in [6.07, 6.45) is 4.57. The molecule has 0 saturated carbocycles. The fraction of sp³-hybridized carbons (Fsp3) is 0.684. The molecule has 0 aliphatic carbocycles. The number of carbonyl (C=O) groups is 2. The van der Waals surface area contributed by atoms with Gasteiger partial charge in [-0.05, 0) is 18.9 Å². The van der Waals surface area contributed by atoms with Crippen LogP contribution < -0.4 is 0 Å². The third kappa shape index (κ3) is 7.16. The van der Waals surface area contributed by atoms with Crippen LogP contribution >= 0.6 is 0 Å². The van der Waals surface area contributed by atoms with Gasteiger partial charge in [0.1, 0.15) is 12.2 Å². The number of terminal acetylenes is 1. The molecule has 0 aromatic rings. The standard InChI is InChI=1S/C19H28O7/c1-5-7-8-9-17-19(25-13(4)21)11-15(23)14(22)10-18(26-17)16(6-2)24-12(3)20/h1,7-8,14-19,22-23H,6,9-11H2,2-4H3/b8-7-. The summed E-state index contributed by atoms with van der Waals surface area (Å²) < 4.78 is 16.7. The first-order valence-corrected chi connectivity index (χ1v) is 8.75. The van der Waals surface area contributed by atoms with Gasteiger partial charge in [0.15, 0.2) is 0 Å². The van der Waals surface area contributed by atoms with Crippen molar-refractivity contribution in [2.75, 3.05) is 0 Å². The molecule has 1 heterocycles. The first-order valence-electron chi connectivity index (χ1n) is 8.75. The third-order valence-corrected chi connectivity index (χ3v) is 4.19. The minimum absolute atomic E-state index is 0.0341. The molecule has 0 aromatic carbocycles. The topological polar surface area (TPSA) is 102 Å². The Morgan fingerprint density at radius 2 is 1.92 bits per heavy atom. The van der Waals surface area contributed by atoms with Crippen molar-refractivity contribution in [2.24, 2.45) is 0 Å². The first kappa shape index (κ1) is 22.2. The molecule has 0 bridgehead atoms. The quantitative estimate of drug-likeness (QED) is 0.535. The van der Waals surface area contributed by atoms with E-state index >= 15 is 0 Å². The molecule has 6 atom stereocenters. The summed E-state index contributed by atoms with van der Waals surface area (Å²) in [5.74, 6) is 1.40. The number of aliphatic hydroxyl groups is 2. The SMILES string of the molecule is C#C/C=C\CC1OC(C(CC)OC(C)=O)CC(O)C(O)CC1OC(C)=O. The molecule has 1 saturated heterocycles. The van der Waals surface area contributed by atoms with Crippen LogP contribution in [-0.2, 0) is 23.8 Å². The van der Waals surface area contributed by atoms with Gasteiger partial charge < -0.3 is 24.4 Å². The highest BCUT2D eigenvalue weighted by atomic mass is 16.6. The van der Waals surface area contributed by atoms with E-state index in [0.29, 0.717) is 12.8 Å². The van der Waals surface area contributed by atoms with E-state index in [4.69, 9.17) is 20.6 Å². The molecule has 0 aromatic heterocycles. The van der Waals surface area contributed by atoms with Crippen LogP contribution in [-0.4, -0.2) is 58.8 Å². The van der Waals surface area contributed by atoms with Crippen LogP contribution in [0.4, 0.5) is 0 Å². The summed E-state index contributed by atoms with van der Waals surface area (Å²) in [6, 6.07) is 0. The predicted molar refractivity (Wildman–Crippen MR) is 93.9 cm³/mol. The van der Waals surface area contributed by atoms with Crippen molar-refractivity contribution in [2.45, 2.75) is 83.1 Å². The van der Waals surface area contributed by atoms with E-state index in [2.05, 4.69) is 5.92 Å². The van der Waals surface area contributed by atoms with Crippen molar-refractivity contribution < 1.29 is 34.0 Å². The zero-order chi connectivity index (χ0) is 19.7. The number of rotatable bonds is 6. The second kappa shape index (κ2) is 11.0. The summed E-state index contributed by atoms with van der Waals surface area (Å²) in [5.41, 5.74) is 0. The number of aliphatic hydroxyl groups excluding tert-OH is 2. The zero-order valence-electron chi connectivity index (χ0n) is 15.5. The predicted octanol–water partition coefficient (Wildman–Crippen LogP) is 1.11. The smallest absolute Gasteiger partial charge is 0.302 e. The Morgan fingerprint density at radius 1 is 1.27 bits per heavy atom. The van der Waals surface area contributed by atoms with Gasteiger partial charge >= 0.3 is 11.9 Å². The lowest BCUT2D eigenvalue weighted by molar-refractivity contribution is -0.191. The van der Waals surface area contributed by atoms with Gasteiger partial charge in [-0.15, -0.1) is 6.42 Å². The molecule has 1 aliphatic rings. The summed E-state index contributed by atoms with van der Waals surface area (Å²) in [7, 11) is 0. The molecule has 1 aliphatic heterocycles. The highest BCUT2D eigenvalue weighted by molar-refractivity contribution is 5.66. The van der Waals surface area contributed by atoms with E-state index in [1.54, 1.807) is 6.08 Å². The van der Waals surface area contributed by atoms with E-state index in [0.717, 1.165) is 0 Å². The number of esters is 2. The van der Waals surface area contributed by atoms with Crippen molar-refractivity contribution in [1.29, 1.82) is 0 Å². The zero-order valence-corrected chi connectivity index (χ0v) is 15.5. The molecule has 0 radical (unpaired) electrons. The molecule has 0 spiro atoms. The van der Waals surface area contributed by atoms with Crippen molar-refractivity contribution in [3.8, 4) is 12.3 Å². The minimum atomic E-state index is -1.10. The Morgan fingerprint density at radius 3 is 2.46 bits per heavy atom. The largest absolute Gasteiger partial charge is 0.460 e. The van der Waals surface area contributed by atoms with E-state index in [9.17, 15) is 19.8 Å². The van der Waals surface area contributed by atoms with Crippen LogP contribution in [0, 0.1) is 12.3 Å². The van der Waals surface area contributed by atoms with Gasteiger partial charge in [0.05, 0.1) is 24.4 Å². The molecule has 146 valence electrons. The highest BCUT2D eigenvalue weighted by Crippen LogP contribution is 2.27. The van der Waals surface area contributed by atoms with Crippen LogP contribution in [0.3, 0.4) is 0 Å². The minimum Gasteiger partial charge on any atom is -0.460 e. The molecular weight excluding hydrogens is 340 g/mol. The number of ether oxygens (including phenoxy) is 3. The lowest BCUT2D eigenvalue weighted by atomic mass is 9.92. The fourth-order valence-electron chi connectivity index (χ4n) is 3.00. The molecule has 26 heavy (non-hydrogen) atoms. The lowest BCUT2D eigenvalue weighted by Crippen LogP contribution is -2.49. The highest BCUT2D eigenvalue weighted by Gasteiger charge is 2.39. The molecule has 1 fully saturated rings. The molecule has 7 nitrogen and oxygen atoms in total. The molecule has 0 amide bonds. The van der Waals surface area contributed by atoms with Crippen molar-refractivity contribution in [1.82, 2.24) is 0 Å². The van der Waals surface area contributed by atoms with Gasteiger partial charge in [-0.25, -0.2) is 0 Å². The first-order chi connectivity index (χ1) is 12.3. The summed E-state index contributed by atoms with van der Waals surface area (Å²) >= 11 is 0.